The highest BCUT2D eigenvalue weighted by molar-refractivity contribution is 7.89. The fraction of sp³-hybridized carbons (Fsp3) is 0.222. The van der Waals surface area contributed by atoms with E-state index in [1.807, 2.05) is 6.92 Å². The highest BCUT2D eigenvalue weighted by atomic mass is 32.2. The van der Waals surface area contributed by atoms with E-state index in [1.165, 1.54) is 12.1 Å². The lowest BCUT2D eigenvalue weighted by atomic mass is 10.2. The molecule has 0 aliphatic heterocycles. The summed E-state index contributed by atoms with van der Waals surface area (Å²) in [5.74, 6) is 0. The Kier molecular flexibility index (Phi) is 4.22. The van der Waals surface area contributed by atoms with E-state index < -0.39 is 10.0 Å². The van der Waals surface area contributed by atoms with E-state index in [4.69, 9.17) is 5.73 Å². The van der Waals surface area contributed by atoms with Gasteiger partial charge in [0, 0.05) is 0 Å². The van der Waals surface area contributed by atoms with Gasteiger partial charge in [0.05, 0.1) is 4.90 Å². The van der Waals surface area contributed by atoms with Gasteiger partial charge in [-0.15, -0.1) is 4.83 Å². The van der Waals surface area contributed by atoms with Gasteiger partial charge in [-0.2, -0.15) is 0 Å². The van der Waals surface area contributed by atoms with Crippen molar-refractivity contribution in [3.05, 3.63) is 29.8 Å². The molecule has 1 rings (SSSR count). The molecule has 0 aromatic heterocycles. The SMILES string of the molecule is CCc1ccc(S(=O)(=O)NNC(N)=S)cc1. The first kappa shape index (κ1) is 12.9. The molecule has 0 saturated carbocycles. The Morgan fingerprint density at radius 2 is 1.94 bits per heavy atom. The number of hydrogen-bond acceptors (Lipinski definition) is 3. The summed E-state index contributed by atoms with van der Waals surface area (Å²) in [7, 11) is -3.61. The van der Waals surface area contributed by atoms with E-state index in [1.54, 1.807) is 12.1 Å². The van der Waals surface area contributed by atoms with E-state index in [9.17, 15) is 8.42 Å². The molecule has 7 heteroatoms. The summed E-state index contributed by atoms with van der Waals surface area (Å²) in [5.41, 5.74) is 8.37. The molecule has 1 aromatic rings. The zero-order valence-electron chi connectivity index (χ0n) is 8.73. The third kappa shape index (κ3) is 3.44. The van der Waals surface area contributed by atoms with Crippen molar-refractivity contribution in [1.29, 1.82) is 0 Å². The van der Waals surface area contributed by atoms with E-state index in [0.29, 0.717) is 0 Å². The number of nitrogens with two attached hydrogens (primary N) is 1. The first-order valence-corrected chi connectivity index (χ1v) is 6.51. The molecular weight excluding hydrogens is 246 g/mol. The van der Waals surface area contributed by atoms with Crippen molar-refractivity contribution < 1.29 is 8.42 Å². The molecule has 0 aliphatic carbocycles. The monoisotopic (exact) mass is 259 g/mol. The molecule has 0 radical (unpaired) electrons. The van der Waals surface area contributed by atoms with Gasteiger partial charge >= 0.3 is 0 Å². The van der Waals surface area contributed by atoms with Gasteiger partial charge in [0.25, 0.3) is 10.0 Å². The first-order valence-electron chi connectivity index (χ1n) is 4.62. The Bertz CT molecular complexity index is 468. The van der Waals surface area contributed by atoms with Crippen molar-refractivity contribution in [1.82, 2.24) is 10.3 Å². The molecule has 5 nitrogen and oxygen atoms in total. The molecule has 0 bridgehead atoms. The van der Waals surface area contributed by atoms with Crippen LogP contribution in [0.25, 0.3) is 0 Å². The van der Waals surface area contributed by atoms with Crippen molar-refractivity contribution >= 4 is 27.4 Å². The summed E-state index contributed by atoms with van der Waals surface area (Å²) in [6, 6.07) is 6.58. The number of hydrogen-bond donors (Lipinski definition) is 3. The Balaban J connectivity index is 2.85. The van der Waals surface area contributed by atoms with Gasteiger partial charge in [0.1, 0.15) is 0 Å². The number of aryl methyl sites for hydroxylation is 1. The fourth-order valence-corrected chi connectivity index (χ4v) is 2.05. The molecule has 0 saturated heterocycles. The highest BCUT2D eigenvalue weighted by Crippen LogP contribution is 2.10. The maximum atomic E-state index is 11.6. The summed E-state index contributed by atoms with van der Waals surface area (Å²) in [4.78, 5) is 2.23. The normalized spacial score (nSPS) is 11.1. The van der Waals surface area contributed by atoms with Crippen LogP contribution in [0.15, 0.2) is 29.2 Å². The minimum Gasteiger partial charge on any atom is -0.375 e. The predicted molar refractivity (Wildman–Crippen MR) is 66.1 cm³/mol. The zero-order valence-corrected chi connectivity index (χ0v) is 10.4. The van der Waals surface area contributed by atoms with Gasteiger partial charge in [0.2, 0.25) is 0 Å². The Morgan fingerprint density at radius 3 is 2.38 bits per heavy atom. The van der Waals surface area contributed by atoms with Crippen LogP contribution in [0.1, 0.15) is 12.5 Å². The van der Waals surface area contributed by atoms with E-state index in [-0.39, 0.29) is 10.0 Å². The summed E-state index contributed by atoms with van der Waals surface area (Å²) >= 11 is 4.49. The lowest BCUT2D eigenvalue weighted by Crippen LogP contribution is -2.44. The minimum absolute atomic E-state index is 0.131. The summed E-state index contributed by atoms with van der Waals surface area (Å²) in [6.07, 6.45) is 0.860. The lowest BCUT2D eigenvalue weighted by Gasteiger charge is -2.07. The summed E-state index contributed by atoms with van der Waals surface area (Å²) in [5, 5.41) is -0.131. The topological polar surface area (TPSA) is 84.2 Å². The molecule has 0 spiro atoms. The minimum atomic E-state index is -3.61. The number of thiocarbonyl (C=S) groups is 1. The van der Waals surface area contributed by atoms with Gasteiger partial charge in [-0.25, -0.2) is 8.42 Å². The van der Waals surface area contributed by atoms with Crippen LogP contribution < -0.4 is 16.0 Å². The van der Waals surface area contributed by atoms with Crippen LogP contribution in [0.4, 0.5) is 0 Å². The largest absolute Gasteiger partial charge is 0.375 e. The molecule has 4 N–H and O–H groups in total. The van der Waals surface area contributed by atoms with Gasteiger partial charge in [0.15, 0.2) is 5.11 Å². The number of nitrogens with one attached hydrogen (secondary N) is 2. The highest BCUT2D eigenvalue weighted by Gasteiger charge is 2.12. The van der Waals surface area contributed by atoms with Gasteiger partial charge in [-0.3, -0.25) is 5.43 Å². The van der Waals surface area contributed by atoms with Crippen LogP contribution in [0.3, 0.4) is 0 Å². The Labute approximate surface area is 100 Å². The van der Waals surface area contributed by atoms with Gasteiger partial charge in [-0.1, -0.05) is 19.1 Å². The number of sulfonamides is 1. The second-order valence-electron chi connectivity index (χ2n) is 3.09. The van der Waals surface area contributed by atoms with E-state index >= 15 is 0 Å². The number of benzene rings is 1. The van der Waals surface area contributed by atoms with Gasteiger partial charge < -0.3 is 5.73 Å². The molecular formula is C9H13N3O2S2. The average molecular weight is 259 g/mol. The molecule has 0 unspecified atom stereocenters. The maximum Gasteiger partial charge on any atom is 0.257 e. The van der Waals surface area contributed by atoms with Gasteiger partial charge in [-0.05, 0) is 36.3 Å². The van der Waals surface area contributed by atoms with E-state index in [0.717, 1.165) is 12.0 Å². The quantitative estimate of drug-likeness (QED) is 0.534. The third-order valence-corrected chi connectivity index (χ3v) is 3.32. The van der Waals surface area contributed by atoms with Crippen molar-refractivity contribution in [2.24, 2.45) is 5.73 Å². The van der Waals surface area contributed by atoms with Crippen LogP contribution in [0, 0.1) is 0 Å². The zero-order chi connectivity index (χ0) is 12.2. The van der Waals surface area contributed by atoms with Crippen LogP contribution in [-0.4, -0.2) is 13.5 Å². The molecule has 0 atom stereocenters. The lowest BCUT2D eigenvalue weighted by molar-refractivity contribution is 0.577. The molecule has 0 amide bonds. The van der Waals surface area contributed by atoms with Crippen LogP contribution in [-0.2, 0) is 16.4 Å². The second-order valence-corrected chi connectivity index (χ2v) is 5.21. The Morgan fingerprint density at radius 1 is 1.38 bits per heavy atom. The molecule has 88 valence electrons. The maximum absolute atomic E-state index is 11.6. The average Bonchev–Trinajstić information content (AvgIpc) is 2.27. The number of hydrazine groups is 1. The van der Waals surface area contributed by atoms with Crippen molar-refractivity contribution in [3.8, 4) is 0 Å². The standard InChI is InChI=1S/C9H13N3O2S2/c1-2-7-3-5-8(6-4-7)16(13,14)12-11-9(10)15/h3-6,12H,2H2,1H3,(H3,10,11,15). The van der Waals surface area contributed by atoms with Crippen LogP contribution in [0.2, 0.25) is 0 Å². The first-order chi connectivity index (χ1) is 7.45. The summed E-state index contributed by atoms with van der Waals surface area (Å²) in [6.45, 7) is 2.00. The molecule has 16 heavy (non-hydrogen) atoms. The number of rotatable bonds is 4. The molecule has 1 aromatic carbocycles. The fourth-order valence-electron chi connectivity index (χ4n) is 1.08. The third-order valence-electron chi connectivity index (χ3n) is 1.95. The van der Waals surface area contributed by atoms with E-state index in [2.05, 4.69) is 22.5 Å². The molecule has 0 fully saturated rings. The summed E-state index contributed by atoms with van der Waals surface area (Å²) < 4.78 is 23.3. The predicted octanol–water partition coefficient (Wildman–Crippen LogP) is 0.276. The molecule has 0 aliphatic rings. The van der Waals surface area contributed by atoms with Crippen LogP contribution >= 0.6 is 12.2 Å². The second kappa shape index (κ2) is 5.24. The Hall–Kier alpha value is -1.18. The smallest absolute Gasteiger partial charge is 0.257 e. The van der Waals surface area contributed by atoms with Crippen molar-refractivity contribution in [2.45, 2.75) is 18.2 Å². The van der Waals surface area contributed by atoms with Crippen molar-refractivity contribution in [2.75, 3.05) is 0 Å². The van der Waals surface area contributed by atoms with Crippen molar-refractivity contribution in [3.63, 3.8) is 0 Å². The molecule has 0 heterocycles. The van der Waals surface area contributed by atoms with Crippen LogP contribution in [0.5, 0.6) is 0 Å².